The number of halogens is 1. The smallest absolute Gasteiger partial charge is 0.144 e. The quantitative estimate of drug-likeness (QED) is 0.388. The zero-order valence-corrected chi connectivity index (χ0v) is 15.9. The maximum Gasteiger partial charge on any atom is 0.144 e. The number of para-hydroxylation sites is 2. The Morgan fingerprint density at radius 3 is 2.50 bits per heavy atom. The normalized spacial score (nSPS) is 11.2. The summed E-state index contributed by atoms with van der Waals surface area (Å²) in [4.78, 5) is 4.64. The molecule has 0 aliphatic carbocycles. The van der Waals surface area contributed by atoms with Crippen LogP contribution in [0.1, 0.15) is 0 Å². The summed E-state index contributed by atoms with van der Waals surface area (Å²) in [6.45, 7) is 0. The lowest BCUT2D eigenvalue weighted by molar-refractivity contribution is 0.412. The largest absolute Gasteiger partial charge is 0.494 e. The van der Waals surface area contributed by atoms with E-state index >= 15 is 0 Å². The van der Waals surface area contributed by atoms with Crippen LogP contribution in [0.2, 0.25) is 5.02 Å². The monoisotopic (exact) mass is 385 g/mol. The average molecular weight is 386 g/mol. The van der Waals surface area contributed by atoms with Crippen LogP contribution in [0.3, 0.4) is 0 Å². The minimum absolute atomic E-state index is 0.663. The van der Waals surface area contributed by atoms with Crippen LogP contribution in [0.5, 0.6) is 5.75 Å². The predicted molar refractivity (Wildman–Crippen MR) is 113 cm³/mol. The summed E-state index contributed by atoms with van der Waals surface area (Å²) < 4.78 is 7.52. The van der Waals surface area contributed by atoms with E-state index in [1.807, 2.05) is 71.5 Å². The Kier molecular flexibility index (Phi) is 3.99. The first-order valence-electron chi connectivity index (χ1n) is 8.92. The number of pyridine rings is 1. The van der Waals surface area contributed by atoms with Gasteiger partial charge in [0.15, 0.2) is 0 Å². The summed E-state index contributed by atoms with van der Waals surface area (Å²) in [5, 5.41) is 7.55. The van der Waals surface area contributed by atoms with Gasteiger partial charge in [0.25, 0.3) is 0 Å². The Hall–Kier alpha value is -3.37. The zero-order chi connectivity index (χ0) is 19.1. The molecule has 5 heteroatoms. The lowest BCUT2D eigenvalue weighted by Gasteiger charge is -2.10. The molecule has 0 radical (unpaired) electrons. The molecule has 0 saturated carbocycles. The van der Waals surface area contributed by atoms with Crippen LogP contribution in [0.4, 0.5) is 0 Å². The van der Waals surface area contributed by atoms with Crippen LogP contribution in [-0.2, 0) is 0 Å². The van der Waals surface area contributed by atoms with Crippen molar-refractivity contribution in [1.82, 2.24) is 14.8 Å². The van der Waals surface area contributed by atoms with E-state index in [4.69, 9.17) is 21.4 Å². The van der Waals surface area contributed by atoms with Crippen LogP contribution >= 0.6 is 11.6 Å². The van der Waals surface area contributed by atoms with E-state index in [1.54, 1.807) is 7.11 Å². The van der Waals surface area contributed by atoms with E-state index < -0.39 is 0 Å². The SMILES string of the molecule is COc1ccccc1-n1nc(-c2ccccc2)c2cnc3ccc(Cl)cc3c21. The molecule has 0 aliphatic rings. The molecule has 0 saturated heterocycles. The second-order valence-corrected chi connectivity index (χ2v) is 6.92. The van der Waals surface area contributed by atoms with E-state index in [0.29, 0.717) is 5.02 Å². The number of methoxy groups -OCH3 is 1. The van der Waals surface area contributed by atoms with Crippen LogP contribution in [0.15, 0.2) is 79.0 Å². The third-order valence-corrected chi connectivity index (χ3v) is 5.06. The van der Waals surface area contributed by atoms with Gasteiger partial charge in [0.1, 0.15) is 17.1 Å². The third-order valence-electron chi connectivity index (χ3n) is 4.83. The molecule has 0 unspecified atom stereocenters. The minimum Gasteiger partial charge on any atom is -0.494 e. The molecule has 0 bridgehead atoms. The summed E-state index contributed by atoms with van der Waals surface area (Å²) in [6.07, 6.45) is 1.88. The first-order chi connectivity index (χ1) is 13.8. The Labute approximate surface area is 167 Å². The molecule has 4 nitrogen and oxygen atoms in total. The fourth-order valence-corrected chi connectivity index (χ4v) is 3.72. The van der Waals surface area contributed by atoms with Gasteiger partial charge in [-0.2, -0.15) is 5.10 Å². The van der Waals surface area contributed by atoms with E-state index in [9.17, 15) is 0 Å². The van der Waals surface area contributed by atoms with Crippen molar-refractivity contribution in [3.8, 4) is 22.7 Å². The zero-order valence-electron chi connectivity index (χ0n) is 15.1. The molecule has 136 valence electrons. The van der Waals surface area contributed by atoms with Gasteiger partial charge in [-0.15, -0.1) is 0 Å². The molecule has 2 heterocycles. The average Bonchev–Trinajstić information content (AvgIpc) is 3.14. The molecular weight excluding hydrogens is 370 g/mol. The van der Waals surface area contributed by atoms with E-state index in [-0.39, 0.29) is 0 Å². The minimum atomic E-state index is 0.663. The lowest BCUT2D eigenvalue weighted by Crippen LogP contribution is -2.00. The number of nitrogens with zero attached hydrogens (tertiary/aromatic N) is 3. The molecule has 28 heavy (non-hydrogen) atoms. The fraction of sp³-hybridized carbons (Fsp3) is 0.0435. The molecule has 0 aliphatic heterocycles. The topological polar surface area (TPSA) is 39.9 Å². The first-order valence-corrected chi connectivity index (χ1v) is 9.30. The standard InChI is InChI=1S/C23H16ClN3O/c1-28-21-10-6-5-9-20(21)27-23-17-13-16(24)11-12-19(17)25-14-18(23)22(26-27)15-7-3-2-4-8-15/h2-14H,1H3. The van der Waals surface area contributed by atoms with Crippen molar-refractivity contribution in [2.45, 2.75) is 0 Å². The van der Waals surface area contributed by atoms with Crippen LogP contribution in [-0.4, -0.2) is 21.9 Å². The van der Waals surface area contributed by atoms with Gasteiger partial charge in [-0.25, -0.2) is 4.68 Å². The van der Waals surface area contributed by atoms with Gasteiger partial charge >= 0.3 is 0 Å². The highest BCUT2D eigenvalue weighted by atomic mass is 35.5. The van der Waals surface area contributed by atoms with E-state index in [0.717, 1.165) is 44.5 Å². The van der Waals surface area contributed by atoms with Gasteiger partial charge < -0.3 is 4.74 Å². The van der Waals surface area contributed by atoms with Crippen LogP contribution in [0.25, 0.3) is 38.8 Å². The molecule has 2 aromatic heterocycles. The number of benzene rings is 3. The van der Waals surface area contributed by atoms with Gasteiger partial charge in [-0.1, -0.05) is 54.1 Å². The van der Waals surface area contributed by atoms with E-state index in [2.05, 4.69) is 17.1 Å². The molecule has 0 atom stereocenters. The lowest BCUT2D eigenvalue weighted by atomic mass is 10.1. The number of hydrogen-bond donors (Lipinski definition) is 0. The highest BCUT2D eigenvalue weighted by molar-refractivity contribution is 6.31. The summed E-state index contributed by atoms with van der Waals surface area (Å²) >= 11 is 6.32. The molecule has 0 amide bonds. The van der Waals surface area contributed by atoms with E-state index in [1.165, 1.54) is 0 Å². The number of fused-ring (bicyclic) bond motifs is 3. The predicted octanol–water partition coefficient (Wildman–Crippen LogP) is 5.90. The Morgan fingerprint density at radius 2 is 1.68 bits per heavy atom. The second-order valence-electron chi connectivity index (χ2n) is 6.48. The van der Waals surface area contributed by atoms with Crippen molar-refractivity contribution in [3.63, 3.8) is 0 Å². The van der Waals surface area contributed by atoms with Crippen molar-refractivity contribution in [3.05, 3.63) is 84.0 Å². The summed E-state index contributed by atoms with van der Waals surface area (Å²) in [5.41, 5.74) is 4.59. The van der Waals surface area contributed by atoms with Crippen molar-refractivity contribution in [2.24, 2.45) is 0 Å². The van der Waals surface area contributed by atoms with Crippen LogP contribution in [0, 0.1) is 0 Å². The highest BCUT2D eigenvalue weighted by Crippen LogP contribution is 2.36. The van der Waals surface area contributed by atoms with Crippen LogP contribution < -0.4 is 4.74 Å². The number of rotatable bonds is 3. The van der Waals surface area contributed by atoms with Crippen molar-refractivity contribution >= 4 is 33.4 Å². The maximum atomic E-state index is 6.32. The molecule has 5 rings (SSSR count). The van der Waals surface area contributed by atoms with Gasteiger partial charge in [-0.3, -0.25) is 4.98 Å². The maximum absolute atomic E-state index is 6.32. The molecule has 0 spiro atoms. The molecule has 0 fully saturated rings. The molecule has 5 aromatic rings. The number of hydrogen-bond acceptors (Lipinski definition) is 3. The molecular formula is C23H16ClN3O. The number of aromatic nitrogens is 3. The van der Waals surface area contributed by atoms with Gasteiger partial charge in [-0.05, 0) is 30.3 Å². The Bertz CT molecular complexity index is 1310. The molecule has 0 N–H and O–H groups in total. The first kappa shape index (κ1) is 16.8. The highest BCUT2D eigenvalue weighted by Gasteiger charge is 2.18. The van der Waals surface area contributed by atoms with Crippen molar-refractivity contribution in [1.29, 1.82) is 0 Å². The van der Waals surface area contributed by atoms with Gasteiger partial charge in [0, 0.05) is 27.6 Å². The second kappa shape index (κ2) is 6.66. The third kappa shape index (κ3) is 2.62. The van der Waals surface area contributed by atoms with Gasteiger partial charge in [0.2, 0.25) is 0 Å². The summed E-state index contributed by atoms with van der Waals surface area (Å²) in [6, 6.07) is 23.7. The number of ether oxygens (including phenoxy) is 1. The fourth-order valence-electron chi connectivity index (χ4n) is 3.54. The van der Waals surface area contributed by atoms with Crippen molar-refractivity contribution < 1.29 is 4.74 Å². The van der Waals surface area contributed by atoms with Crippen molar-refractivity contribution in [2.75, 3.05) is 7.11 Å². The Morgan fingerprint density at radius 1 is 0.893 bits per heavy atom. The summed E-state index contributed by atoms with van der Waals surface area (Å²) in [7, 11) is 1.67. The van der Waals surface area contributed by atoms with Gasteiger partial charge in [0.05, 0.1) is 18.1 Å². The summed E-state index contributed by atoms with van der Waals surface area (Å²) in [5.74, 6) is 0.749. The molecule has 3 aromatic carbocycles. The Balaban J connectivity index is 1.95.